The highest BCUT2D eigenvalue weighted by Crippen LogP contribution is 2.30. The van der Waals surface area contributed by atoms with Gasteiger partial charge in [-0.25, -0.2) is 0 Å². The van der Waals surface area contributed by atoms with Crippen LogP contribution >= 0.6 is 34.5 Å². The Balaban J connectivity index is 2.90. The van der Waals surface area contributed by atoms with Crippen molar-refractivity contribution in [1.82, 2.24) is 0 Å². The topological polar surface area (TPSA) is 26.0 Å². The van der Waals surface area contributed by atoms with Gasteiger partial charge in [-0.2, -0.15) is 0 Å². The number of halogens is 2. The zero-order valence-corrected chi connectivity index (χ0v) is 6.80. The van der Waals surface area contributed by atoms with Crippen LogP contribution in [0.2, 0.25) is 0 Å². The highest BCUT2D eigenvalue weighted by molar-refractivity contribution is 7.10. The van der Waals surface area contributed by atoms with E-state index in [1.807, 2.05) is 11.4 Å². The SMILES string of the molecule is NC(Cl)(Cl)c1cccs1. The minimum Gasteiger partial charge on any atom is -0.296 e. The molecule has 1 aromatic heterocycles. The molecular formula is C5H5Cl2NS. The summed E-state index contributed by atoms with van der Waals surface area (Å²) < 4.78 is -1.21. The molecule has 0 saturated heterocycles. The van der Waals surface area contributed by atoms with Crippen LogP contribution in [0, 0.1) is 0 Å². The molecule has 0 bridgehead atoms. The fourth-order valence-electron chi connectivity index (χ4n) is 0.468. The van der Waals surface area contributed by atoms with Gasteiger partial charge in [-0.15, -0.1) is 11.3 Å². The van der Waals surface area contributed by atoms with Crippen molar-refractivity contribution in [2.75, 3.05) is 0 Å². The van der Waals surface area contributed by atoms with E-state index in [-0.39, 0.29) is 0 Å². The Morgan fingerprint density at radius 2 is 2.22 bits per heavy atom. The van der Waals surface area contributed by atoms with Gasteiger partial charge in [0.25, 0.3) is 0 Å². The summed E-state index contributed by atoms with van der Waals surface area (Å²) >= 11 is 12.5. The molecule has 1 rings (SSSR count). The molecule has 0 aromatic carbocycles. The molecule has 1 aromatic rings. The van der Waals surface area contributed by atoms with E-state index in [2.05, 4.69) is 0 Å². The van der Waals surface area contributed by atoms with Crippen molar-refractivity contribution >= 4 is 34.5 Å². The van der Waals surface area contributed by atoms with Crippen LogP contribution in [0.15, 0.2) is 17.5 Å². The maximum absolute atomic E-state index is 5.55. The quantitative estimate of drug-likeness (QED) is 0.523. The lowest BCUT2D eigenvalue weighted by atomic mass is 10.5. The first kappa shape index (κ1) is 7.35. The Hall–Kier alpha value is 0.240. The van der Waals surface area contributed by atoms with Gasteiger partial charge in [0.1, 0.15) is 0 Å². The normalized spacial score (nSPS) is 11.9. The van der Waals surface area contributed by atoms with Crippen molar-refractivity contribution in [2.45, 2.75) is 4.46 Å². The summed E-state index contributed by atoms with van der Waals surface area (Å²) in [6, 6.07) is 3.65. The van der Waals surface area contributed by atoms with Gasteiger partial charge in [0, 0.05) is 0 Å². The Kier molecular flexibility index (Phi) is 2.01. The molecule has 1 nitrogen and oxygen atoms in total. The van der Waals surface area contributed by atoms with Crippen LogP contribution in [-0.2, 0) is 4.46 Å². The first-order chi connectivity index (χ1) is 4.11. The van der Waals surface area contributed by atoms with Crippen molar-refractivity contribution < 1.29 is 0 Å². The highest BCUT2D eigenvalue weighted by Gasteiger charge is 2.20. The third-order valence-electron chi connectivity index (χ3n) is 0.850. The Morgan fingerprint density at radius 3 is 2.44 bits per heavy atom. The average Bonchev–Trinajstić information content (AvgIpc) is 2.08. The molecule has 4 heteroatoms. The van der Waals surface area contributed by atoms with Crippen molar-refractivity contribution in [1.29, 1.82) is 0 Å². The standard InChI is InChI=1S/C5H5Cl2NS/c6-5(7,8)4-2-1-3-9-4/h1-3H,8H2. The van der Waals surface area contributed by atoms with Crippen molar-refractivity contribution in [2.24, 2.45) is 5.73 Å². The van der Waals surface area contributed by atoms with Crippen molar-refractivity contribution in [3.63, 3.8) is 0 Å². The zero-order chi connectivity index (χ0) is 6.91. The monoisotopic (exact) mass is 181 g/mol. The molecule has 0 saturated carbocycles. The largest absolute Gasteiger partial charge is 0.296 e. The molecule has 0 radical (unpaired) electrons. The fourth-order valence-corrected chi connectivity index (χ4v) is 1.48. The molecule has 0 spiro atoms. The lowest BCUT2D eigenvalue weighted by Gasteiger charge is -2.08. The second-order valence-electron chi connectivity index (χ2n) is 1.60. The number of alkyl halides is 2. The van der Waals surface area contributed by atoms with E-state index in [1.54, 1.807) is 6.07 Å². The second-order valence-corrected chi connectivity index (χ2v) is 3.93. The van der Waals surface area contributed by atoms with Gasteiger partial charge >= 0.3 is 0 Å². The summed E-state index contributed by atoms with van der Waals surface area (Å²) in [4.78, 5) is 0.769. The van der Waals surface area contributed by atoms with Crippen LogP contribution in [-0.4, -0.2) is 0 Å². The number of nitrogens with two attached hydrogens (primary N) is 1. The van der Waals surface area contributed by atoms with E-state index < -0.39 is 4.46 Å². The van der Waals surface area contributed by atoms with E-state index in [1.165, 1.54) is 11.3 Å². The Bertz CT molecular complexity index is 177. The molecule has 0 atom stereocenters. The predicted octanol–water partition coefficient (Wildman–Crippen LogP) is 2.29. The summed E-state index contributed by atoms with van der Waals surface area (Å²) in [5.74, 6) is 0. The highest BCUT2D eigenvalue weighted by atomic mass is 35.5. The molecule has 0 aliphatic heterocycles. The van der Waals surface area contributed by atoms with Crippen LogP contribution in [0.5, 0.6) is 0 Å². The van der Waals surface area contributed by atoms with Crippen LogP contribution in [0.25, 0.3) is 0 Å². The summed E-state index contributed by atoms with van der Waals surface area (Å²) in [5, 5.41) is 1.88. The van der Waals surface area contributed by atoms with E-state index >= 15 is 0 Å². The Labute approximate surface area is 67.4 Å². The lowest BCUT2D eigenvalue weighted by molar-refractivity contribution is 0.944. The minimum absolute atomic E-state index is 0.769. The first-order valence-electron chi connectivity index (χ1n) is 2.31. The third kappa shape index (κ3) is 1.83. The number of hydrogen-bond acceptors (Lipinski definition) is 2. The third-order valence-corrected chi connectivity index (χ3v) is 2.49. The number of rotatable bonds is 1. The Morgan fingerprint density at radius 1 is 1.56 bits per heavy atom. The van der Waals surface area contributed by atoms with E-state index in [9.17, 15) is 0 Å². The van der Waals surface area contributed by atoms with Gasteiger partial charge < -0.3 is 0 Å². The molecule has 0 fully saturated rings. The van der Waals surface area contributed by atoms with Gasteiger partial charge in [0.05, 0.1) is 4.88 Å². The maximum atomic E-state index is 5.55. The molecule has 2 N–H and O–H groups in total. The van der Waals surface area contributed by atoms with Crippen LogP contribution in [0.4, 0.5) is 0 Å². The van der Waals surface area contributed by atoms with Gasteiger partial charge in [0.15, 0.2) is 0 Å². The minimum atomic E-state index is -1.21. The first-order valence-corrected chi connectivity index (χ1v) is 3.95. The molecule has 0 unspecified atom stereocenters. The van der Waals surface area contributed by atoms with Gasteiger partial charge in [-0.05, 0) is 11.4 Å². The van der Waals surface area contributed by atoms with Gasteiger partial charge in [-0.1, -0.05) is 29.3 Å². The maximum Gasteiger partial charge on any atom is 0.201 e. The fraction of sp³-hybridized carbons (Fsp3) is 0.200. The van der Waals surface area contributed by atoms with Gasteiger partial charge in [0.2, 0.25) is 4.46 Å². The summed E-state index contributed by atoms with van der Waals surface area (Å²) in [6.07, 6.45) is 0. The smallest absolute Gasteiger partial charge is 0.201 e. The average molecular weight is 182 g/mol. The molecule has 9 heavy (non-hydrogen) atoms. The molecule has 0 aliphatic carbocycles. The lowest BCUT2D eigenvalue weighted by Crippen LogP contribution is -2.20. The van der Waals surface area contributed by atoms with Crippen LogP contribution < -0.4 is 5.73 Å². The molecule has 0 aliphatic rings. The van der Waals surface area contributed by atoms with E-state index in [4.69, 9.17) is 28.9 Å². The van der Waals surface area contributed by atoms with Crippen LogP contribution in [0.3, 0.4) is 0 Å². The predicted molar refractivity (Wildman–Crippen MR) is 41.9 cm³/mol. The summed E-state index contributed by atoms with van der Waals surface area (Å²) in [6.45, 7) is 0. The molecule has 0 amide bonds. The number of thiophene rings is 1. The van der Waals surface area contributed by atoms with Gasteiger partial charge in [-0.3, -0.25) is 5.73 Å². The summed E-state index contributed by atoms with van der Waals surface area (Å²) in [5.41, 5.74) is 5.34. The molecule has 1 heterocycles. The zero-order valence-electron chi connectivity index (χ0n) is 4.47. The molecular weight excluding hydrogens is 177 g/mol. The van der Waals surface area contributed by atoms with E-state index in [0.29, 0.717) is 0 Å². The molecule has 50 valence electrons. The summed E-state index contributed by atoms with van der Waals surface area (Å²) in [7, 11) is 0. The van der Waals surface area contributed by atoms with Crippen molar-refractivity contribution in [3.8, 4) is 0 Å². The van der Waals surface area contributed by atoms with Crippen LogP contribution in [0.1, 0.15) is 4.88 Å². The second kappa shape index (κ2) is 2.46. The van der Waals surface area contributed by atoms with Crippen molar-refractivity contribution in [3.05, 3.63) is 22.4 Å². The number of hydrogen-bond donors (Lipinski definition) is 1. The van der Waals surface area contributed by atoms with E-state index in [0.717, 1.165) is 4.88 Å².